The van der Waals surface area contributed by atoms with Crippen molar-refractivity contribution in [2.45, 2.75) is 25.8 Å². The number of aromatic hydroxyl groups is 1. The Balaban J connectivity index is 1.89. The van der Waals surface area contributed by atoms with Gasteiger partial charge in [0.05, 0.1) is 7.11 Å². The number of phenolic OH excluding ortho intramolecular Hbond substituents is 1. The van der Waals surface area contributed by atoms with Crippen molar-refractivity contribution in [1.82, 2.24) is 10.2 Å². The number of benzene rings is 1. The van der Waals surface area contributed by atoms with Crippen molar-refractivity contribution in [2.24, 2.45) is 5.92 Å². The first-order chi connectivity index (χ1) is 9.60. The van der Waals surface area contributed by atoms with Crippen LogP contribution in [0.4, 0.5) is 0 Å². The van der Waals surface area contributed by atoms with Crippen LogP contribution < -0.4 is 10.1 Å². The molecule has 1 fully saturated rings. The molecule has 1 aromatic carbocycles. The number of ether oxygens (including phenoxy) is 1. The van der Waals surface area contributed by atoms with Crippen LogP contribution >= 0.6 is 0 Å². The van der Waals surface area contributed by atoms with Gasteiger partial charge in [0, 0.05) is 24.2 Å². The second-order valence-corrected chi connectivity index (χ2v) is 5.83. The number of piperidine rings is 1. The molecule has 20 heavy (non-hydrogen) atoms. The van der Waals surface area contributed by atoms with E-state index in [9.17, 15) is 5.11 Å². The molecule has 112 valence electrons. The zero-order valence-electron chi connectivity index (χ0n) is 12.7. The lowest BCUT2D eigenvalue weighted by molar-refractivity contribution is 0.203. The van der Waals surface area contributed by atoms with E-state index >= 15 is 0 Å². The predicted octanol–water partition coefficient (Wildman–Crippen LogP) is 2.39. The fraction of sp³-hybridized carbons (Fsp3) is 0.625. The first kappa shape index (κ1) is 15.1. The molecule has 0 radical (unpaired) electrons. The topological polar surface area (TPSA) is 44.7 Å². The lowest BCUT2D eigenvalue weighted by Gasteiger charge is -2.30. The van der Waals surface area contributed by atoms with Gasteiger partial charge in [-0.15, -0.1) is 0 Å². The molecule has 1 heterocycles. The molecule has 0 aliphatic carbocycles. The van der Waals surface area contributed by atoms with Gasteiger partial charge in [-0.1, -0.05) is 6.07 Å². The molecule has 0 spiro atoms. The summed E-state index contributed by atoms with van der Waals surface area (Å²) in [4.78, 5) is 2.39. The molecular weight excluding hydrogens is 252 g/mol. The van der Waals surface area contributed by atoms with Gasteiger partial charge in [0.1, 0.15) is 11.5 Å². The monoisotopic (exact) mass is 278 g/mol. The number of nitrogens with one attached hydrogen (secondary N) is 1. The third-order valence-corrected chi connectivity index (χ3v) is 4.14. The minimum atomic E-state index is 0.146. The Bertz CT molecular complexity index is 436. The maximum absolute atomic E-state index is 10.0. The predicted molar refractivity (Wildman–Crippen MR) is 81.3 cm³/mol. The van der Waals surface area contributed by atoms with Gasteiger partial charge in [0.2, 0.25) is 0 Å². The summed E-state index contributed by atoms with van der Waals surface area (Å²) in [6.07, 6.45) is 2.57. The first-order valence-corrected chi connectivity index (χ1v) is 7.39. The van der Waals surface area contributed by atoms with E-state index in [0.29, 0.717) is 17.4 Å². The molecule has 1 aromatic rings. The summed E-state index contributed by atoms with van der Waals surface area (Å²) in [6, 6.07) is 5.63. The zero-order chi connectivity index (χ0) is 14.5. The first-order valence-electron chi connectivity index (χ1n) is 7.39. The van der Waals surface area contributed by atoms with Crippen molar-refractivity contribution in [2.75, 3.05) is 33.8 Å². The number of nitrogens with zero attached hydrogens (tertiary/aromatic N) is 1. The van der Waals surface area contributed by atoms with Crippen molar-refractivity contribution < 1.29 is 9.84 Å². The maximum Gasteiger partial charge on any atom is 0.124 e. The maximum atomic E-state index is 10.0. The standard InChI is InChI=1S/C16H26N2O2/c1-12(15-7-6-14(20-3)9-16(15)19)17-10-13-5-4-8-18(2)11-13/h6-7,9,12-13,17,19H,4-5,8,10-11H2,1-3H3. The molecule has 0 saturated carbocycles. The molecule has 1 aliphatic rings. The highest BCUT2D eigenvalue weighted by atomic mass is 16.5. The van der Waals surface area contributed by atoms with Crippen LogP contribution in [0.3, 0.4) is 0 Å². The van der Waals surface area contributed by atoms with Crippen LogP contribution in [-0.2, 0) is 0 Å². The van der Waals surface area contributed by atoms with Crippen molar-refractivity contribution in [3.8, 4) is 11.5 Å². The molecule has 4 nitrogen and oxygen atoms in total. The highest BCUT2D eigenvalue weighted by Crippen LogP contribution is 2.28. The Hall–Kier alpha value is -1.26. The summed E-state index contributed by atoms with van der Waals surface area (Å²) < 4.78 is 5.11. The Labute approximate surface area is 121 Å². The largest absolute Gasteiger partial charge is 0.507 e. The number of likely N-dealkylation sites (tertiary alicyclic amines) is 1. The van der Waals surface area contributed by atoms with Crippen LogP contribution in [0, 0.1) is 5.92 Å². The third kappa shape index (κ3) is 3.87. The second-order valence-electron chi connectivity index (χ2n) is 5.83. The summed E-state index contributed by atoms with van der Waals surface area (Å²) in [5, 5.41) is 13.6. The lowest BCUT2D eigenvalue weighted by Crippen LogP contribution is -2.37. The molecule has 1 aliphatic heterocycles. The Morgan fingerprint density at radius 1 is 1.50 bits per heavy atom. The SMILES string of the molecule is COc1ccc(C(C)NCC2CCCN(C)C2)c(O)c1. The van der Waals surface area contributed by atoms with Crippen molar-refractivity contribution in [3.63, 3.8) is 0 Å². The average molecular weight is 278 g/mol. The number of hydrogen-bond acceptors (Lipinski definition) is 4. The summed E-state index contributed by atoms with van der Waals surface area (Å²) >= 11 is 0. The van der Waals surface area contributed by atoms with Gasteiger partial charge in [-0.3, -0.25) is 0 Å². The van der Waals surface area contributed by atoms with E-state index in [0.717, 1.165) is 18.7 Å². The summed E-state index contributed by atoms with van der Waals surface area (Å²) in [6.45, 7) is 5.46. The molecule has 0 aromatic heterocycles. The van der Waals surface area contributed by atoms with Gasteiger partial charge >= 0.3 is 0 Å². The number of rotatable bonds is 5. The van der Waals surface area contributed by atoms with Crippen LogP contribution in [0.15, 0.2) is 18.2 Å². The van der Waals surface area contributed by atoms with E-state index in [-0.39, 0.29) is 6.04 Å². The van der Waals surface area contributed by atoms with E-state index in [4.69, 9.17) is 4.74 Å². The van der Waals surface area contributed by atoms with E-state index in [1.807, 2.05) is 12.1 Å². The molecule has 0 amide bonds. The highest BCUT2D eigenvalue weighted by molar-refractivity contribution is 5.41. The molecule has 0 bridgehead atoms. The van der Waals surface area contributed by atoms with Crippen molar-refractivity contribution in [3.05, 3.63) is 23.8 Å². The van der Waals surface area contributed by atoms with Gasteiger partial charge in [0.15, 0.2) is 0 Å². The van der Waals surface area contributed by atoms with E-state index < -0.39 is 0 Å². The average Bonchev–Trinajstić information content (AvgIpc) is 2.44. The number of methoxy groups -OCH3 is 1. The fourth-order valence-electron chi connectivity index (χ4n) is 2.91. The lowest BCUT2D eigenvalue weighted by atomic mass is 9.97. The quantitative estimate of drug-likeness (QED) is 0.868. The summed E-state index contributed by atoms with van der Waals surface area (Å²) in [7, 11) is 3.79. The summed E-state index contributed by atoms with van der Waals surface area (Å²) in [5.41, 5.74) is 0.926. The normalized spacial score (nSPS) is 21.6. The number of phenols is 1. The van der Waals surface area contributed by atoms with Crippen molar-refractivity contribution in [1.29, 1.82) is 0 Å². The summed E-state index contributed by atoms with van der Waals surface area (Å²) in [5.74, 6) is 1.69. The smallest absolute Gasteiger partial charge is 0.124 e. The Morgan fingerprint density at radius 3 is 2.95 bits per heavy atom. The van der Waals surface area contributed by atoms with Gasteiger partial charge in [-0.05, 0) is 51.9 Å². The zero-order valence-corrected chi connectivity index (χ0v) is 12.7. The van der Waals surface area contributed by atoms with Crippen molar-refractivity contribution >= 4 is 0 Å². The van der Waals surface area contributed by atoms with Gasteiger partial charge in [0.25, 0.3) is 0 Å². The number of hydrogen-bond donors (Lipinski definition) is 2. The van der Waals surface area contributed by atoms with Gasteiger partial charge in [-0.25, -0.2) is 0 Å². The van der Waals surface area contributed by atoms with Gasteiger partial charge in [-0.2, -0.15) is 0 Å². The van der Waals surface area contributed by atoms with Gasteiger partial charge < -0.3 is 20.1 Å². The molecule has 2 atom stereocenters. The molecule has 2 unspecified atom stereocenters. The molecule has 2 rings (SSSR count). The third-order valence-electron chi connectivity index (χ3n) is 4.14. The minimum Gasteiger partial charge on any atom is -0.507 e. The molecule has 4 heteroatoms. The highest BCUT2D eigenvalue weighted by Gasteiger charge is 2.18. The van der Waals surface area contributed by atoms with E-state index in [1.165, 1.54) is 19.4 Å². The molecule has 2 N–H and O–H groups in total. The Morgan fingerprint density at radius 2 is 2.30 bits per heavy atom. The van der Waals surface area contributed by atoms with Crippen LogP contribution in [-0.4, -0.2) is 43.8 Å². The van der Waals surface area contributed by atoms with Crippen LogP contribution in [0.5, 0.6) is 11.5 Å². The molecule has 1 saturated heterocycles. The Kier molecular flexibility index (Phi) is 5.26. The van der Waals surface area contributed by atoms with E-state index in [2.05, 4.69) is 24.2 Å². The minimum absolute atomic E-state index is 0.146. The molecular formula is C16H26N2O2. The fourth-order valence-corrected chi connectivity index (χ4v) is 2.91. The van der Waals surface area contributed by atoms with E-state index in [1.54, 1.807) is 13.2 Å². The van der Waals surface area contributed by atoms with Crippen LogP contribution in [0.1, 0.15) is 31.4 Å². The van der Waals surface area contributed by atoms with Crippen LogP contribution in [0.2, 0.25) is 0 Å². The second kappa shape index (κ2) is 6.95. The van der Waals surface area contributed by atoms with Crippen LogP contribution in [0.25, 0.3) is 0 Å².